The Balaban J connectivity index is 4.17. The Morgan fingerprint density at radius 2 is 2.00 bits per heavy atom. The molecule has 50 valence electrons. The van der Waals surface area contributed by atoms with Crippen molar-refractivity contribution in [3.63, 3.8) is 0 Å². The fraction of sp³-hybridized carbons (Fsp3) is 0. The first-order valence-electron chi connectivity index (χ1n) is 2.14. The summed E-state index contributed by atoms with van der Waals surface area (Å²) in [6.45, 7) is 6.21. The number of rotatable bonds is 2. The Hall–Kier alpha value is -0.570. The SMILES string of the molecule is C=C(F)/C=C(/O)C(=C)Br. The highest BCUT2D eigenvalue weighted by atomic mass is 79.9. The molecule has 0 rings (SSSR count). The van der Waals surface area contributed by atoms with Gasteiger partial charge in [-0.15, -0.1) is 0 Å². The van der Waals surface area contributed by atoms with E-state index in [-0.39, 0.29) is 10.2 Å². The Labute approximate surface area is 61.3 Å². The van der Waals surface area contributed by atoms with Crippen molar-refractivity contribution < 1.29 is 9.50 Å². The lowest BCUT2D eigenvalue weighted by molar-refractivity contribution is 0.428. The molecule has 0 saturated carbocycles. The zero-order valence-corrected chi connectivity index (χ0v) is 6.28. The average molecular weight is 193 g/mol. The Morgan fingerprint density at radius 1 is 1.56 bits per heavy atom. The van der Waals surface area contributed by atoms with Crippen LogP contribution in [-0.2, 0) is 0 Å². The molecule has 0 saturated heterocycles. The standard InChI is InChI=1S/C6H6BrFO/c1-4(8)3-6(9)5(2)7/h3,9H,1-2H2/b6-3+. The summed E-state index contributed by atoms with van der Waals surface area (Å²) >= 11 is 2.85. The van der Waals surface area contributed by atoms with Crippen LogP contribution in [0, 0.1) is 0 Å². The van der Waals surface area contributed by atoms with Gasteiger partial charge in [-0.1, -0.05) is 13.2 Å². The molecule has 0 radical (unpaired) electrons. The van der Waals surface area contributed by atoms with Crippen molar-refractivity contribution in [3.05, 3.63) is 35.3 Å². The zero-order valence-electron chi connectivity index (χ0n) is 4.69. The van der Waals surface area contributed by atoms with Gasteiger partial charge in [0.05, 0.1) is 4.48 Å². The van der Waals surface area contributed by atoms with Crippen molar-refractivity contribution in [1.29, 1.82) is 0 Å². The Bertz CT molecular complexity index is 172. The minimum absolute atomic E-state index is 0.237. The van der Waals surface area contributed by atoms with Crippen molar-refractivity contribution in [2.75, 3.05) is 0 Å². The van der Waals surface area contributed by atoms with E-state index in [4.69, 9.17) is 5.11 Å². The van der Waals surface area contributed by atoms with Crippen LogP contribution in [0.3, 0.4) is 0 Å². The van der Waals surface area contributed by atoms with E-state index in [9.17, 15) is 4.39 Å². The predicted octanol–water partition coefficient (Wildman–Crippen LogP) is 2.82. The van der Waals surface area contributed by atoms with E-state index >= 15 is 0 Å². The van der Waals surface area contributed by atoms with Crippen LogP contribution in [0.5, 0.6) is 0 Å². The van der Waals surface area contributed by atoms with E-state index in [1.807, 2.05) is 0 Å². The molecular weight excluding hydrogens is 187 g/mol. The van der Waals surface area contributed by atoms with Crippen LogP contribution in [-0.4, -0.2) is 5.11 Å². The van der Waals surface area contributed by atoms with Crippen LogP contribution < -0.4 is 0 Å². The molecule has 9 heavy (non-hydrogen) atoms. The fourth-order valence-corrected chi connectivity index (χ4v) is 0.341. The maximum Gasteiger partial charge on any atom is 0.132 e. The fourth-order valence-electron chi connectivity index (χ4n) is 0.227. The second kappa shape index (κ2) is 3.45. The highest BCUT2D eigenvalue weighted by Gasteiger charge is 1.94. The van der Waals surface area contributed by atoms with E-state index in [1.54, 1.807) is 0 Å². The van der Waals surface area contributed by atoms with E-state index in [1.165, 1.54) is 0 Å². The normalized spacial score (nSPS) is 11.1. The van der Waals surface area contributed by atoms with Crippen molar-refractivity contribution in [2.45, 2.75) is 0 Å². The lowest BCUT2D eigenvalue weighted by atomic mass is 10.4. The van der Waals surface area contributed by atoms with Gasteiger partial charge < -0.3 is 5.11 Å². The van der Waals surface area contributed by atoms with E-state index < -0.39 is 5.83 Å². The largest absolute Gasteiger partial charge is 0.507 e. The summed E-state index contributed by atoms with van der Waals surface area (Å²) in [7, 11) is 0. The first-order valence-corrected chi connectivity index (χ1v) is 2.93. The van der Waals surface area contributed by atoms with Crippen LogP contribution in [0.1, 0.15) is 0 Å². The monoisotopic (exact) mass is 192 g/mol. The zero-order chi connectivity index (χ0) is 7.44. The van der Waals surface area contributed by atoms with Gasteiger partial charge in [0.25, 0.3) is 0 Å². The van der Waals surface area contributed by atoms with Gasteiger partial charge in [0, 0.05) is 6.08 Å². The number of aliphatic hydroxyl groups excluding tert-OH is 1. The molecule has 0 aromatic carbocycles. The van der Waals surface area contributed by atoms with Crippen molar-refractivity contribution in [1.82, 2.24) is 0 Å². The smallest absolute Gasteiger partial charge is 0.132 e. The summed E-state index contributed by atoms with van der Waals surface area (Å²) in [6, 6.07) is 0. The number of halogens is 2. The van der Waals surface area contributed by atoms with Gasteiger partial charge >= 0.3 is 0 Å². The number of hydrogen-bond acceptors (Lipinski definition) is 1. The van der Waals surface area contributed by atoms with Crippen LogP contribution in [0.4, 0.5) is 4.39 Å². The molecule has 0 atom stereocenters. The van der Waals surface area contributed by atoms with Crippen molar-refractivity contribution >= 4 is 15.9 Å². The molecule has 1 N–H and O–H groups in total. The van der Waals surface area contributed by atoms with Gasteiger partial charge in [0.2, 0.25) is 0 Å². The van der Waals surface area contributed by atoms with Gasteiger partial charge in [-0.3, -0.25) is 0 Å². The highest BCUT2D eigenvalue weighted by molar-refractivity contribution is 9.11. The first kappa shape index (κ1) is 8.43. The molecule has 0 amide bonds. The molecule has 0 aliphatic carbocycles. The second-order valence-electron chi connectivity index (χ2n) is 1.38. The number of allylic oxidation sites excluding steroid dienone is 3. The lowest BCUT2D eigenvalue weighted by Gasteiger charge is -1.91. The van der Waals surface area contributed by atoms with Gasteiger partial charge in [-0.05, 0) is 15.9 Å². The number of hydrogen-bond donors (Lipinski definition) is 1. The summed E-state index contributed by atoms with van der Waals surface area (Å²) in [5.41, 5.74) is 0. The van der Waals surface area contributed by atoms with Gasteiger partial charge in [-0.2, -0.15) is 0 Å². The summed E-state index contributed by atoms with van der Waals surface area (Å²) in [5.74, 6) is -0.949. The molecule has 0 unspecified atom stereocenters. The molecule has 0 aliphatic heterocycles. The molecule has 0 aromatic rings. The van der Waals surface area contributed by atoms with Crippen molar-refractivity contribution in [3.8, 4) is 0 Å². The highest BCUT2D eigenvalue weighted by Crippen LogP contribution is 2.12. The predicted molar refractivity (Wildman–Crippen MR) is 39.0 cm³/mol. The molecule has 3 heteroatoms. The molecular formula is C6H6BrFO. The third kappa shape index (κ3) is 3.97. The molecule has 1 nitrogen and oxygen atoms in total. The maximum atomic E-state index is 11.8. The Morgan fingerprint density at radius 3 is 2.11 bits per heavy atom. The average Bonchev–Trinajstić information content (AvgIpc) is 1.63. The van der Waals surface area contributed by atoms with Crippen LogP contribution >= 0.6 is 15.9 Å². The quantitative estimate of drug-likeness (QED) is 0.528. The van der Waals surface area contributed by atoms with E-state index in [0.29, 0.717) is 0 Å². The topological polar surface area (TPSA) is 20.2 Å². The molecule has 0 bridgehead atoms. The molecule has 0 heterocycles. The van der Waals surface area contributed by atoms with E-state index in [2.05, 4.69) is 29.1 Å². The van der Waals surface area contributed by atoms with E-state index in [0.717, 1.165) is 6.08 Å². The van der Waals surface area contributed by atoms with Crippen molar-refractivity contribution in [2.24, 2.45) is 0 Å². The maximum absolute atomic E-state index is 11.8. The second-order valence-corrected chi connectivity index (χ2v) is 2.34. The molecule has 0 aliphatic rings. The summed E-state index contributed by atoms with van der Waals surface area (Å²) in [5, 5.41) is 8.71. The lowest BCUT2D eigenvalue weighted by Crippen LogP contribution is -1.76. The van der Waals surface area contributed by atoms with Gasteiger partial charge in [0.15, 0.2) is 0 Å². The van der Waals surface area contributed by atoms with Gasteiger partial charge in [-0.25, -0.2) is 4.39 Å². The molecule has 0 fully saturated rings. The van der Waals surface area contributed by atoms with Crippen LogP contribution in [0.2, 0.25) is 0 Å². The minimum Gasteiger partial charge on any atom is -0.507 e. The number of aliphatic hydroxyl groups is 1. The minimum atomic E-state index is -0.701. The van der Waals surface area contributed by atoms with Crippen LogP contribution in [0.25, 0.3) is 0 Å². The molecule has 0 spiro atoms. The summed E-state index contributed by atoms with van der Waals surface area (Å²) in [4.78, 5) is 0. The Kier molecular flexibility index (Phi) is 3.24. The van der Waals surface area contributed by atoms with Crippen LogP contribution in [0.15, 0.2) is 35.3 Å². The third-order valence-electron chi connectivity index (χ3n) is 0.571. The third-order valence-corrected chi connectivity index (χ3v) is 0.978. The summed E-state index contributed by atoms with van der Waals surface area (Å²) < 4.78 is 12.1. The summed E-state index contributed by atoms with van der Waals surface area (Å²) in [6.07, 6.45) is 0.872. The van der Waals surface area contributed by atoms with Gasteiger partial charge in [0.1, 0.15) is 11.6 Å². The molecule has 0 aromatic heterocycles. The first-order chi connectivity index (χ1) is 4.04.